The fourth-order valence-corrected chi connectivity index (χ4v) is 4.46. The Kier molecular flexibility index (Phi) is 13.8. The van der Waals surface area contributed by atoms with E-state index in [2.05, 4.69) is 13.0 Å². The Labute approximate surface area is 209 Å². The number of ether oxygens (including phenoxy) is 1. The predicted octanol–water partition coefficient (Wildman–Crippen LogP) is 8.49. The third kappa shape index (κ3) is 11.5. The lowest BCUT2D eigenvalue weighted by atomic mass is 10.0. The number of nitrogens with zero attached hydrogens (tertiary/aromatic N) is 1. The van der Waals surface area contributed by atoms with E-state index in [1.807, 2.05) is 0 Å². The Morgan fingerprint density at radius 2 is 1.29 bits per heavy atom. The summed E-state index contributed by atoms with van der Waals surface area (Å²) in [6.45, 7) is 2.25. The van der Waals surface area contributed by atoms with E-state index in [0.29, 0.717) is 23.3 Å². The maximum Gasteiger partial charge on any atom is 0.311 e. The lowest BCUT2D eigenvalue weighted by Crippen LogP contribution is -2.07. The molecule has 0 aliphatic heterocycles. The van der Waals surface area contributed by atoms with E-state index in [9.17, 15) is 9.59 Å². The number of carbonyl (C=O) groups excluding carboxylic acids is 2. The molecule has 0 radical (unpaired) electrons. The van der Waals surface area contributed by atoms with E-state index < -0.39 is 0 Å². The summed E-state index contributed by atoms with van der Waals surface area (Å²) in [5, 5.41) is 8.75. The van der Waals surface area contributed by atoms with Crippen molar-refractivity contribution in [2.45, 2.75) is 95.3 Å². The van der Waals surface area contributed by atoms with Crippen molar-refractivity contribution < 1.29 is 14.3 Å². The first-order chi connectivity index (χ1) is 16.6. The zero-order chi connectivity index (χ0) is 24.4. The van der Waals surface area contributed by atoms with Gasteiger partial charge in [0.25, 0.3) is 0 Å². The highest BCUT2D eigenvalue weighted by atomic mass is 32.2. The first-order valence-corrected chi connectivity index (χ1v) is 13.5. The predicted molar refractivity (Wildman–Crippen MR) is 139 cm³/mol. The van der Waals surface area contributed by atoms with Crippen LogP contribution in [0.1, 0.15) is 106 Å². The molecule has 0 bridgehead atoms. The van der Waals surface area contributed by atoms with Crippen LogP contribution in [-0.4, -0.2) is 11.1 Å². The Morgan fingerprint density at radius 3 is 1.82 bits per heavy atom. The van der Waals surface area contributed by atoms with Gasteiger partial charge in [0.15, 0.2) is 0 Å². The molecule has 0 spiro atoms. The van der Waals surface area contributed by atoms with Crippen molar-refractivity contribution in [1.82, 2.24) is 0 Å². The quantitative estimate of drug-likeness (QED) is 0.104. The summed E-state index contributed by atoms with van der Waals surface area (Å²) in [5.74, 6) is 0.238. The Bertz CT molecular complexity index is 900. The van der Waals surface area contributed by atoms with E-state index in [-0.39, 0.29) is 11.1 Å². The van der Waals surface area contributed by atoms with Crippen molar-refractivity contribution in [2.75, 3.05) is 0 Å². The molecule has 2 rings (SSSR count). The molecule has 0 fully saturated rings. The summed E-state index contributed by atoms with van der Waals surface area (Å²) in [5.41, 5.74) is 1.10. The molecular formula is C29H37NO3S. The van der Waals surface area contributed by atoms with Crippen LogP contribution in [0.2, 0.25) is 0 Å². The third-order valence-electron chi connectivity index (χ3n) is 5.75. The van der Waals surface area contributed by atoms with Crippen LogP contribution >= 0.6 is 11.8 Å². The zero-order valence-electron chi connectivity index (χ0n) is 20.4. The third-order valence-corrected chi connectivity index (χ3v) is 6.68. The summed E-state index contributed by atoms with van der Waals surface area (Å²) in [6.07, 6.45) is 15.6. The van der Waals surface area contributed by atoms with Gasteiger partial charge in [0.05, 0.1) is 11.6 Å². The number of benzene rings is 2. The summed E-state index contributed by atoms with van der Waals surface area (Å²) >= 11 is 1.10. The molecule has 2 aromatic rings. The summed E-state index contributed by atoms with van der Waals surface area (Å²) in [6, 6.07) is 15.6. The number of hydrogen-bond donors (Lipinski definition) is 0. The van der Waals surface area contributed by atoms with Gasteiger partial charge >= 0.3 is 5.97 Å². The Hall–Kier alpha value is -2.58. The molecule has 4 nitrogen and oxygen atoms in total. The Morgan fingerprint density at radius 1 is 0.765 bits per heavy atom. The minimum atomic E-state index is -0.224. The number of thioether (sulfide) groups is 1. The van der Waals surface area contributed by atoms with Crippen LogP contribution in [0.4, 0.5) is 0 Å². The molecule has 0 saturated carbocycles. The normalized spacial score (nSPS) is 10.6. The van der Waals surface area contributed by atoms with E-state index in [4.69, 9.17) is 10.00 Å². The first-order valence-electron chi connectivity index (χ1n) is 12.7. The molecule has 0 unspecified atom stereocenters. The zero-order valence-corrected chi connectivity index (χ0v) is 21.2. The molecule has 0 aliphatic carbocycles. The van der Waals surface area contributed by atoms with Gasteiger partial charge in [0, 0.05) is 16.9 Å². The van der Waals surface area contributed by atoms with Crippen molar-refractivity contribution >= 4 is 22.8 Å². The summed E-state index contributed by atoms with van der Waals surface area (Å²) in [4.78, 5) is 25.3. The molecule has 0 aliphatic rings. The van der Waals surface area contributed by atoms with Crippen LogP contribution in [0.15, 0.2) is 53.4 Å². The molecule has 34 heavy (non-hydrogen) atoms. The van der Waals surface area contributed by atoms with Crippen molar-refractivity contribution in [3.05, 3.63) is 59.7 Å². The maximum atomic E-state index is 12.4. The molecule has 0 aromatic heterocycles. The van der Waals surface area contributed by atoms with Gasteiger partial charge in [-0.05, 0) is 66.7 Å². The average Bonchev–Trinajstić information content (AvgIpc) is 2.85. The molecule has 0 amide bonds. The highest BCUT2D eigenvalue weighted by Crippen LogP contribution is 2.24. The van der Waals surface area contributed by atoms with Crippen LogP contribution in [-0.2, 0) is 4.79 Å². The van der Waals surface area contributed by atoms with E-state index in [1.165, 1.54) is 64.2 Å². The SMILES string of the molecule is CCCCCCCCCCCCCCC(=O)Oc1ccc(C(=O)Sc2ccc(C#N)cc2)cc1. The van der Waals surface area contributed by atoms with Gasteiger partial charge in [0.1, 0.15) is 5.75 Å². The number of rotatable bonds is 16. The largest absolute Gasteiger partial charge is 0.427 e. The summed E-state index contributed by atoms with van der Waals surface area (Å²) in [7, 11) is 0. The molecule has 0 atom stereocenters. The van der Waals surface area contributed by atoms with Crippen molar-refractivity contribution in [3.8, 4) is 11.8 Å². The highest BCUT2D eigenvalue weighted by molar-refractivity contribution is 8.14. The molecule has 0 heterocycles. The lowest BCUT2D eigenvalue weighted by Gasteiger charge is -2.06. The van der Waals surface area contributed by atoms with E-state index in [1.54, 1.807) is 48.5 Å². The van der Waals surface area contributed by atoms with Crippen molar-refractivity contribution in [3.63, 3.8) is 0 Å². The lowest BCUT2D eigenvalue weighted by molar-refractivity contribution is -0.134. The van der Waals surface area contributed by atoms with Crippen molar-refractivity contribution in [1.29, 1.82) is 5.26 Å². The number of hydrogen-bond acceptors (Lipinski definition) is 5. The Balaban J connectivity index is 1.56. The fourth-order valence-electron chi connectivity index (χ4n) is 3.72. The smallest absolute Gasteiger partial charge is 0.311 e. The number of nitriles is 1. The fraction of sp³-hybridized carbons (Fsp3) is 0.483. The molecular weight excluding hydrogens is 442 g/mol. The second-order valence-electron chi connectivity index (χ2n) is 8.66. The molecule has 5 heteroatoms. The van der Waals surface area contributed by atoms with Gasteiger partial charge in [-0.1, -0.05) is 77.6 Å². The van der Waals surface area contributed by atoms with Gasteiger partial charge in [0.2, 0.25) is 5.12 Å². The molecule has 0 saturated heterocycles. The second-order valence-corrected chi connectivity index (χ2v) is 9.71. The minimum Gasteiger partial charge on any atom is -0.427 e. The first kappa shape index (κ1) is 27.7. The van der Waals surface area contributed by atoms with Gasteiger partial charge in [-0.15, -0.1) is 0 Å². The van der Waals surface area contributed by atoms with Crippen LogP contribution in [0.3, 0.4) is 0 Å². The topological polar surface area (TPSA) is 67.2 Å². The highest BCUT2D eigenvalue weighted by Gasteiger charge is 2.10. The van der Waals surface area contributed by atoms with Crippen LogP contribution in [0.5, 0.6) is 5.75 Å². The van der Waals surface area contributed by atoms with Crippen LogP contribution in [0, 0.1) is 11.3 Å². The standard InChI is InChI=1S/C29H37NO3S/c1-2-3-4-5-6-7-8-9-10-11-12-13-14-28(31)33-26-19-17-25(18-20-26)29(32)34-27-21-15-24(23-30)16-22-27/h15-22H,2-14H2,1H3. The van der Waals surface area contributed by atoms with E-state index in [0.717, 1.165) is 29.5 Å². The minimum absolute atomic E-state index is 0.0981. The molecule has 2 aromatic carbocycles. The molecule has 0 N–H and O–H groups in total. The van der Waals surface area contributed by atoms with Gasteiger partial charge in [-0.25, -0.2) is 0 Å². The van der Waals surface area contributed by atoms with Gasteiger partial charge in [-0.3, -0.25) is 9.59 Å². The number of unbranched alkanes of at least 4 members (excludes halogenated alkanes) is 11. The second kappa shape index (κ2) is 16.9. The summed E-state index contributed by atoms with van der Waals surface area (Å²) < 4.78 is 5.41. The van der Waals surface area contributed by atoms with Crippen molar-refractivity contribution in [2.24, 2.45) is 0 Å². The van der Waals surface area contributed by atoms with Gasteiger partial charge in [-0.2, -0.15) is 5.26 Å². The molecule has 182 valence electrons. The monoisotopic (exact) mass is 479 g/mol. The number of esters is 1. The van der Waals surface area contributed by atoms with Gasteiger partial charge < -0.3 is 4.74 Å². The average molecular weight is 480 g/mol. The van der Waals surface area contributed by atoms with E-state index >= 15 is 0 Å². The van der Waals surface area contributed by atoms with Crippen LogP contribution < -0.4 is 4.74 Å². The number of carbonyl (C=O) groups is 2. The van der Waals surface area contributed by atoms with Crippen LogP contribution in [0.25, 0.3) is 0 Å². The maximum absolute atomic E-state index is 12.4.